The van der Waals surface area contributed by atoms with Crippen LogP contribution in [0.4, 0.5) is 0 Å². The minimum absolute atomic E-state index is 0.126. The predicted octanol–water partition coefficient (Wildman–Crippen LogP) is 2.29. The fraction of sp³-hybridized carbons (Fsp3) is 0.923. The van der Waals surface area contributed by atoms with E-state index in [1.165, 1.54) is 25.7 Å². The van der Waals surface area contributed by atoms with Gasteiger partial charge in [-0.05, 0) is 40.0 Å². The first-order valence-corrected chi connectivity index (χ1v) is 6.59. The van der Waals surface area contributed by atoms with Gasteiger partial charge in [0.1, 0.15) is 0 Å². The van der Waals surface area contributed by atoms with Crippen molar-refractivity contribution in [2.75, 3.05) is 0 Å². The molecule has 3 nitrogen and oxygen atoms in total. The van der Waals surface area contributed by atoms with Crippen LogP contribution in [0.3, 0.4) is 0 Å². The van der Waals surface area contributed by atoms with Crippen molar-refractivity contribution in [3.05, 3.63) is 0 Å². The summed E-state index contributed by atoms with van der Waals surface area (Å²) < 4.78 is 0. The Hall–Kier alpha value is -0.570. The average molecular weight is 226 g/mol. The number of carbonyl (C=O) groups excluding carboxylic acids is 1. The number of hydrogen-bond donors (Lipinski definition) is 1. The largest absolute Gasteiger partial charge is 0.337 e. The Morgan fingerprint density at radius 2 is 1.88 bits per heavy atom. The zero-order chi connectivity index (χ0) is 12.1. The summed E-state index contributed by atoms with van der Waals surface area (Å²) in [6.45, 7) is 6.19. The van der Waals surface area contributed by atoms with Gasteiger partial charge >= 0.3 is 0 Å². The second-order valence-electron chi connectivity index (χ2n) is 5.35. The Labute approximate surface area is 99.4 Å². The molecule has 0 aromatic carbocycles. The minimum Gasteiger partial charge on any atom is -0.337 e. The van der Waals surface area contributed by atoms with Crippen molar-refractivity contribution in [3.63, 3.8) is 0 Å². The minimum atomic E-state index is 0.126. The van der Waals surface area contributed by atoms with Crippen LogP contribution in [0.2, 0.25) is 0 Å². The molecule has 1 aliphatic rings. The van der Waals surface area contributed by atoms with Gasteiger partial charge in [0.25, 0.3) is 0 Å². The van der Waals surface area contributed by atoms with Crippen LogP contribution in [0, 0.1) is 0 Å². The van der Waals surface area contributed by atoms with Gasteiger partial charge in [0, 0.05) is 24.5 Å². The van der Waals surface area contributed by atoms with Crippen molar-refractivity contribution in [1.29, 1.82) is 0 Å². The van der Waals surface area contributed by atoms with Crippen LogP contribution in [0.1, 0.15) is 59.3 Å². The second-order valence-corrected chi connectivity index (χ2v) is 5.35. The monoisotopic (exact) mass is 226 g/mol. The molecule has 1 fully saturated rings. The number of rotatable bonds is 5. The maximum absolute atomic E-state index is 12.1. The molecule has 0 spiro atoms. The zero-order valence-electron chi connectivity index (χ0n) is 10.9. The molecular formula is C13H26N2O. The van der Waals surface area contributed by atoms with Gasteiger partial charge in [-0.3, -0.25) is 4.79 Å². The maximum Gasteiger partial charge on any atom is 0.223 e. The third kappa shape index (κ3) is 3.78. The fourth-order valence-electron chi connectivity index (χ4n) is 2.58. The SMILES string of the molecule is CC(N)CCC(=O)N(C(C)C)C1CCCC1. The van der Waals surface area contributed by atoms with E-state index in [2.05, 4.69) is 18.7 Å². The van der Waals surface area contributed by atoms with Crippen molar-refractivity contribution >= 4 is 5.91 Å². The lowest BCUT2D eigenvalue weighted by molar-refractivity contribution is -0.135. The first-order chi connectivity index (χ1) is 7.52. The lowest BCUT2D eigenvalue weighted by Crippen LogP contribution is -2.43. The van der Waals surface area contributed by atoms with E-state index < -0.39 is 0 Å². The van der Waals surface area contributed by atoms with E-state index in [0.717, 1.165) is 6.42 Å². The van der Waals surface area contributed by atoms with Crippen LogP contribution >= 0.6 is 0 Å². The Kier molecular flexibility index (Phi) is 5.26. The lowest BCUT2D eigenvalue weighted by Gasteiger charge is -2.33. The van der Waals surface area contributed by atoms with E-state index >= 15 is 0 Å². The van der Waals surface area contributed by atoms with Crippen LogP contribution in [-0.4, -0.2) is 28.9 Å². The molecular weight excluding hydrogens is 200 g/mol. The highest BCUT2D eigenvalue weighted by atomic mass is 16.2. The van der Waals surface area contributed by atoms with Gasteiger partial charge in [0.15, 0.2) is 0 Å². The number of nitrogens with zero attached hydrogens (tertiary/aromatic N) is 1. The molecule has 1 unspecified atom stereocenters. The third-order valence-corrected chi connectivity index (χ3v) is 3.38. The lowest BCUT2D eigenvalue weighted by atomic mass is 10.1. The van der Waals surface area contributed by atoms with Crippen LogP contribution < -0.4 is 5.73 Å². The van der Waals surface area contributed by atoms with E-state index in [0.29, 0.717) is 24.4 Å². The van der Waals surface area contributed by atoms with E-state index in [4.69, 9.17) is 5.73 Å². The standard InChI is InChI=1S/C13H26N2O/c1-10(2)15(12-6-4-5-7-12)13(16)9-8-11(3)14/h10-12H,4-9,14H2,1-3H3. The molecule has 0 bridgehead atoms. The molecule has 1 aliphatic carbocycles. The van der Waals surface area contributed by atoms with Gasteiger partial charge in [0.2, 0.25) is 5.91 Å². The number of amides is 1. The highest BCUT2D eigenvalue weighted by molar-refractivity contribution is 5.76. The highest BCUT2D eigenvalue weighted by Crippen LogP contribution is 2.25. The van der Waals surface area contributed by atoms with Gasteiger partial charge in [-0.15, -0.1) is 0 Å². The van der Waals surface area contributed by atoms with Gasteiger partial charge in [-0.25, -0.2) is 0 Å². The summed E-state index contributed by atoms with van der Waals surface area (Å²) in [5, 5.41) is 0. The van der Waals surface area contributed by atoms with Crippen molar-refractivity contribution in [2.45, 2.75) is 77.4 Å². The van der Waals surface area contributed by atoms with Crippen molar-refractivity contribution in [2.24, 2.45) is 5.73 Å². The molecule has 1 atom stereocenters. The molecule has 1 saturated carbocycles. The van der Waals surface area contributed by atoms with Crippen molar-refractivity contribution in [3.8, 4) is 0 Å². The summed E-state index contributed by atoms with van der Waals surface area (Å²) in [6.07, 6.45) is 6.31. The average Bonchev–Trinajstić information content (AvgIpc) is 2.67. The molecule has 0 aliphatic heterocycles. The first kappa shape index (κ1) is 13.5. The summed E-state index contributed by atoms with van der Waals surface area (Å²) in [6, 6.07) is 0.936. The highest BCUT2D eigenvalue weighted by Gasteiger charge is 2.28. The number of carbonyl (C=O) groups is 1. The van der Waals surface area contributed by atoms with Crippen LogP contribution in [0.25, 0.3) is 0 Å². The molecule has 94 valence electrons. The Morgan fingerprint density at radius 3 is 2.31 bits per heavy atom. The second kappa shape index (κ2) is 6.24. The third-order valence-electron chi connectivity index (χ3n) is 3.38. The summed E-state index contributed by atoms with van der Waals surface area (Å²) in [5.74, 6) is 0.291. The molecule has 0 saturated heterocycles. The number of hydrogen-bond acceptors (Lipinski definition) is 2. The van der Waals surface area contributed by atoms with Crippen molar-refractivity contribution < 1.29 is 4.79 Å². The summed E-state index contributed by atoms with van der Waals surface area (Å²) in [4.78, 5) is 14.2. The zero-order valence-corrected chi connectivity index (χ0v) is 10.9. The van der Waals surface area contributed by atoms with E-state index in [-0.39, 0.29) is 6.04 Å². The van der Waals surface area contributed by atoms with Crippen LogP contribution in [0.15, 0.2) is 0 Å². The molecule has 0 heterocycles. The van der Waals surface area contributed by atoms with Crippen LogP contribution in [-0.2, 0) is 4.79 Å². The molecule has 0 aromatic heterocycles. The van der Waals surface area contributed by atoms with Crippen LogP contribution in [0.5, 0.6) is 0 Å². The Morgan fingerprint density at radius 1 is 1.31 bits per heavy atom. The predicted molar refractivity (Wildman–Crippen MR) is 67.1 cm³/mol. The van der Waals surface area contributed by atoms with E-state index in [1.54, 1.807) is 0 Å². The Bertz CT molecular complexity index is 220. The normalized spacial score (nSPS) is 19.1. The van der Waals surface area contributed by atoms with Crippen molar-refractivity contribution in [1.82, 2.24) is 4.90 Å². The molecule has 0 aromatic rings. The fourth-order valence-corrected chi connectivity index (χ4v) is 2.58. The number of nitrogens with two attached hydrogens (primary N) is 1. The molecule has 1 rings (SSSR count). The van der Waals surface area contributed by atoms with Gasteiger partial charge in [-0.1, -0.05) is 12.8 Å². The molecule has 1 amide bonds. The first-order valence-electron chi connectivity index (χ1n) is 6.59. The summed E-state index contributed by atoms with van der Waals surface area (Å²) in [5.41, 5.74) is 5.70. The summed E-state index contributed by atoms with van der Waals surface area (Å²) >= 11 is 0. The van der Waals surface area contributed by atoms with E-state index in [1.807, 2.05) is 6.92 Å². The molecule has 2 N–H and O–H groups in total. The van der Waals surface area contributed by atoms with Gasteiger partial charge in [0.05, 0.1) is 0 Å². The van der Waals surface area contributed by atoms with Gasteiger partial charge in [-0.2, -0.15) is 0 Å². The topological polar surface area (TPSA) is 46.3 Å². The van der Waals surface area contributed by atoms with E-state index in [9.17, 15) is 4.79 Å². The Balaban J connectivity index is 2.51. The maximum atomic E-state index is 12.1. The van der Waals surface area contributed by atoms with Gasteiger partial charge < -0.3 is 10.6 Å². The molecule has 3 heteroatoms. The summed E-state index contributed by atoms with van der Waals surface area (Å²) in [7, 11) is 0. The smallest absolute Gasteiger partial charge is 0.223 e. The molecule has 16 heavy (non-hydrogen) atoms. The quantitative estimate of drug-likeness (QED) is 0.782. The molecule has 0 radical (unpaired) electrons.